The van der Waals surface area contributed by atoms with Crippen LogP contribution in [0.15, 0.2) is 158 Å². The third-order valence-electron chi connectivity index (χ3n) is 10.5. The van der Waals surface area contributed by atoms with Crippen molar-refractivity contribution in [3.63, 3.8) is 0 Å². The van der Waals surface area contributed by atoms with Gasteiger partial charge in [-0.2, -0.15) is 0 Å². The van der Waals surface area contributed by atoms with Crippen molar-refractivity contribution < 1.29 is 0 Å². The van der Waals surface area contributed by atoms with Gasteiger partial charge in [0.2, 0.25) is 0 Å². The van der Waals surface area contributed by atoms with Gasteiger partial charge in [0, 0.05) is 38.3 Å². The molecule has 222 valence electrons. The van der Waals surface area contributed by atoms with Gasteiger partial charge in [-0.15, -0.1) is 0 Å². The minimum absolute atomic E-state index is 0.0123. The maximum Gasteiger partial charge on any atom is 0.0788 e. The molecule has 0 atom stereocenters. The molecule has 0 saturated carbocycles. The minimum Gasteiger partial charge on any atom is -0.307 e. The Morgan fingerprint density at radius 2 is 0.894 bits per heavy atom. The lowest BCUT2D eigenvalue weighted by atomic mass is 9.82. The summed E-state index contributed by atoms with van der Waals surface area (Å²) >= 11 is 0. The zero-order chi connectivity index (χ0) is 31.3. The first-order valence-electron chi connectivity index (χ1n) is 16.5. The summed E-state index contributed by atoms with van der Waals surface area (Å²) in [4.78, 5) is 0. The molecule has 9 aromatic rings. The molecule has 2 heterocycles. The summed E-state index contributed by atoms with van der Waals surface area (Å²) in [5.41, 5.74) is 15.2. The SMILES string of the molecule is CC1(C)c2ccccc2-c2cc(-c3ccc(-n4c5ccccc5c5ccc6c7ccccc7n(-c7ccccc7)c6c54)cc3)ccc21. The number of hydrogen-bond acceptors (Lipinski definition) is 0. The first-order chi connectivity index (χ1) is 23.1. The number of fused-ring (bicyclic) bond motifs is 10. The van der Waals surface area contributed by atoms with Crippen molar-refractivity contribution in [2.24, 2.45) is 0 Å². The molecule has 0 N–H and O–H groups in total. The summed E-state index contributed by atoms with van der Waals surface area (Å²) in [6.45, 7) is 4.68. The Morgan fingerprint density at radius 1 is 0.383 bits per heavy atom. The van der Waals surface area contributed by atoms with Crippen LogP contribution in [0.1, 0.15) is 25.0 Å². The molecule has 0 saturated heterocycles. The summed E-state index contributed by atoms with van der Waals surface area (Å²) in [7, 11) is 0. The van der Waals surface area contributed by atoms with Gasteiger partial charge < -0.3 is 9.13 Å². The molecule has 1 aliphatic rings. The van der Waals surface area contributed by atoms with Crippen molar-refractivity contribution in [2.75, 3.05) is 0 Å². The maximum atomic E-state index is 2.47. The van der Waals surface area contributed by atoms with Crippen LogP contribution in [-0.2, 0) is 5.41 Å². The molecule has 2 heteroatoms. The summed E-state index contributed by atoms with van der Waals surface area (Å²) < 4.78 is 4.91. The number of nitrogens with zero attached hydrogens (tertiary/aromatic N) is 2. The molecule has 0 unspecified atom stereocenters. The van der Waals surface area contributed by atoms with Crippen molar-refractivity contribution in [1.29, 1.82) is 0 Å². The molecule has 0 spiro atoms. The third kappa shape index (κ3) is 3.61. The van der Waals surface area contributed by atoms with Crippen molar-refractivity contribution >= 4 is 43.6 Å². The Bertz CT molecular complexity index is 2680. The molecule has 10 rings (SSSR count). The smallest absolute Gasteiger partial charge is 0.0788 e. The lowest BCUT2D eigenvalue weighted by Gasteiger charge is -2.21. The highest BCUT2D eigenvalue weighted by Crippen LogP contribution is 2.49. The molecule has 7 aromatic carbocycles. The van der Waals surface area contributed by atoms with Crippen LogP contribution in [0.3, 0.4) is 0 Å². The molecule has 2 nitrogen and oxygen atoms in total. The minimum atomic E-state index is 0.0123. The van der Waals surface area contributed by atoms with E-state index in [4.69, 9.17) is 0 Å². The Labute approximate surface area is 273 Å². The average Bonchev–Trinajstić information content (AvgIpc) is 3.72. The number of hydrogen-bond donors (Lipinski definition) is 0. The van der Waals surface area contributed by atoms with E-state index in [0.29, 0.717) is 0 Å². The van der Waals surface area contributed by atoms with Crippen LogP contribution in [-0.4, -0.2) is 9.13 Å². The van der Waals surface area contributed by atoms with Crippen molar-refractivity contribution in [3.05, 3.63) is 169 Å². The molecule has 1 aliphatic carbocycles. The highest BCUT2D eigenvalue weighted by molar-refractivity contribution is 6.23. The maximum absolute atomic E-state index is 2.47. The Morgan fingerprint density at radius 3 is 1.55 bits per heavy atom. The van der Waals surface area contributed by atoms with E-state index < -0.39 is 0 Å². The normalized spacial score (nSPS) is 13.5. The summed E-state index contributed by atoms with van der Waals surface area (Å²) in [5, 5.41) is 5.05. The van der Waals surface area contributed by atoms with Gasteiger partial charge in [-0.1, -0.05) is 129 Å². The first-order valence-corrected chi connectivity index (χ1v) is 16.5. The summed E-state index contributed by atoms with van der Waals surface area (Å²) in [6.07, 6.45) is 0. The molecular weight excluding hydrogens is 569 g/mol. The molecule has 0 amide bonds. The second-order valence-electron chi connectivity index (χ2n) is 13.4. The average molecular weight is 601 g/mol. The summed E-state index contributed by atoms with van der Waals surface area (Å²) in [5.74, 6) is 0. The van der Waals surface area contributed by atoms with Gasteiger partial charge in [-0.25, -0.2) is 0 Å². The molecule has 2 aromatic heterocycles. The van der Waals surface area contributed by atoms with Gasteiger partial charge in [-0.05, 0) is 75.8 Å². The molecule has 0 fully saturated rings. The standard InChI is InChI=1S/C45H32N2/c1-45(2)39-17-9-6-14-33(39)38-28-30(22-27-40(38)45)29-20-23-32(24-21-29)47-42-19-11-8-16-35(42)37-26-25-36-34-15-7-10-18-41(34)46(43(36)44(37)47)31-12-4-3-5-13-31/h3-28H,1-2H3. The second kappa shape index (κ2) is 9.57. The fourth-order valence-electron chi connectivity index (χ4n) is 8.32. The van der Waals surface area contributed by atoms with E-state index in [2.05, 4.69) is 181 Å². The predicted octanol–water partition coefficient (Wildman–Crippen LogP) is 11.9. The molecular formula is C45H32N2. The number of benzene rings is 7. The van der Waals surface area contributed by atoms with Gasteiger partial charge in [0.15, 0.2) is 0 Å². The Hall–Kier alpha value is -5.86. The van der Waals surface area contributed by atoms with Crippen molar-refractivity contribution in [3.8, 4) is 33.6 Å². The van der Waals surface area contributed by atoms with Crippen LogP contribution in [0.4, 0.5) is 0 Å². The van der Waals surface area contributed by atoms with E-state index in [1.165, 1.54) is 82.7 Å². The van der Waals surface area contributed by atoms with E-state index >= 15 is 0 Å². The van der Waals surface area contributed by atoms with E-state index in [-0.39, 0.29) is 5.41 Å². The van der Waals surface area contributed by atoms with E-state index in [0.717, 1.165) is 5.69 Å². The second-order valence-corrected chi connectivity index (χ2v) is 13.4. The Balaban J connectivity index is 1.21. The molecule has 0 bridgehead atoms. The predicted molar refractivity (Wildman–Crippen MR) is 198 cm³/mol. The zero-order valence-electron chi connectivity index (χ0n) is 26.4. The van der Waals surface area contributed by atoms with Gasteiger partial charge >= 0.3 is 0 Å². The highest BCUT2D eigenvalue weighted by Gasteiger charge is 2.35. The fraction of sp³-hybridized carbons (Fsp3) is 0.0667. The van der Waals surface area contributed by atoms with E-state index in [1.54, 1.807) is 0 Å². The number of rotatable bonds is 3. The monoisotopic (exact) mass is 600 g/mol. The van der Waals surface area contributed by atoms with Crippen LogP contribution in [0.2, 0.25) is 0 Å². The highest BCUT2D eigenvalue weighted by atomic mass is 15.0. The molecule has 0 aliphatic heterocycles. The van der Waals surface area contributed by atoms with Crippen LogP contribution < -0.4 is 0 Å². The number of aromatic nitrogens is 2. The van der Waals surface area contributed by atoms with Crippen LogP contribution in [0.25, 0.3) is 77.2 Å². The van der Waals surface area contributed by atoms with Gasteiger partial charge in [0.1, 0.15) is 0 Å². The molecule has 0 radical (unpaired) electrons. The first kappa shape index (κ1) is 26.4. The van der Waals surface area contributed by atoms with Crippen LogP contribution >= 0.6 is 0 Å². The van der Waals surface area contributed by atoms with Crippen LogP contribution in [0, 0.1) is 0 Å². The largest absolute Gasteiger partial charge is 0.307 e. The van der Waals surface area contributed by atoms with Gasteiger partial charge in [0.05, 0.1) is 22.1 Å². The van der Waals surface area contributed by atoms with Crippen LogP contribution in [0.5, 0.6) is 0 Å². The van der Waals surface area contributed by atoms with Gasteiger partial charge in [-0.3, -0.25) is 0 Å². The lowest BCUT2D eigenvalue weighted by molar-refractivity contribution is 0.660. The zero-order valence-corrected chi connectivity index (χ0v) is 26.4. The van der Waals surface area contributed by atoms with Crippen molar-refractivity contribution in [1.82, 2.24) is 9.13 Å². The summed E-state index contributed by atoms with van der Waals surface area (Å²) in [6, 6.07) is 58.1. The Kier molecular flexibility index (Phi) is 5.37. The van der Waals surface area contributed by atoms with E-state index in [9.17, 15) is 0 Å². The molecule has 47 heavy (non-hydrogen) atoms. The number of para-hydroxylation sites is 3. The lowest BCUT2D eigenvalue weighted by Crippen LogP contribution is -2.14. The van der Waals surface area contributed by atoms with Crippen molar-refractivity contribution in [2.45, 2.75) is 19.3 Å². The quantitative estimate of drug-likeness (QED) is 0.191. The van der Waals surface area contributed by atoms with Gasteiger partial charge in [0.25, 0.3) is 0 Å². The third-order valence-corrected chi connectivity index (χ3v) is 10.5. The fourth-order valence-corrected chi connectivity index (χ4v) is 8.32. The van der Waals surface area contributed by atoms with E-state index in [1.807, 2.05) is 0 Å². The topological polar surface area (TPSA) is 9.86 Å².